The Morgan fingerprint density at radius 2 is 1.33 bits per heavy atom. The molecule has 4 nitrogen and oxygen atoms in total. The van der Waals surface area contributed by atoms with Gasteiger partial charge < -0.3 is 15.3 Å². The molecule has 134 valence electrons. The van der Waals surface area contributed by atoms with Crippen LogP contribution in [0.2, 0.25) is 0 Å². The first-order chi connectivity index (χ1) is 13.0. The van der Waals surface area contributed by atoms with Gasteiger partial charge in [-0.3, -0.25) is 0 Å². The number of phenols is 2. The highest BCUT2D eigenvalue weighted by atomic mass is 16.4. The van der Waals surface area contributed by atoms with Gasteiger partial charge in [0.25, 0.3) is 0 Å². The molecule has 0 heterocycles. The summed E-state index contributed by atoms with van der Waals surface area (Å²) in [5.74, 6) is -1.28. The van der Waals surface area contributed by atoms with Gasteiger partial charge in [-0.2, -0.15) is 0 Å². The van der Waals surface area contributed by atoms with E-state index in [0.29, 0.717) is 11.1 Å². The lowest BCUT2D eigenvalue weighted by Gasteiger charge is -2.16. The number of carboxylic acid groups (broad SMARTS) is 1. The number of hydrogen-bond acceptors (Lipinski definition) is 3. The highest BCUT2D eigenvalue weighted by molar-refractivity contribution is 6.00. The zero-order valence-electron chi connectivity index (χ0n) is 14.7. The normalized spacial score (nSPS) is 11.1. The Balaban J connectivity index is 2.03. The van der Waals surface area contributed by atoms with Crippen molar-refractivity contribution in [1.29, 1.82) is 0 Å². The van der Waals surface area contributed by atoms with Gasteiger partial charge in [0.15, 0.2) is 0 Å². The van der Waals surface area contributed by atoms with Gasteiger partial charge in [-0.15, -0.1) is 0 Å². The predicted octanol–water partition coefficient (Wildman–Crippen LogP) is 5.00. The number of aryl methyl sites for hydroxylation is 1. The molecular weight excluding hydrogens is 340 g/mol. The van der Waals surface area contributed by atoms with Crippen molar-refractivity contribution in [3.63, 3.8) is 0 Å². The molecule has 4 aromatic rings. The highest BCUT2D eigenvalue weighted by Gasteiger charge is 2.20. The van der Waals surface area contributed by atoms with Crippen molar-refractivity contribution in [2.45, 2.75) is 13.3 Å². The van der Waals surface area contributed by atoms with Crippen LogP contribution in [-0.4, -0.2) is 21.3 Å². The minimum absolute atomic E-state index is 0.139. The van der Waals surface area contributed by atoms with E-state index in [2.05, 4.69) is 0 Å². The molecule has 0 unspecified atom stereocenters. The van der Waals surface area contributed by atoms with Gasteiger partial charge in [0.2, 0.25) is 0 Å². The third-order valence-electron chi connectivity index (χ3n) is 5.03. The van der Waals surface area contributed by atoms with E-state index in [9.17, 15) is 20.1 Å². The Kier molecular flexibility index (Phi) is 3.96. The molecule has 0 atom stereocenters. The fraction of sp³-hybridized carbons (Fsp3) is 0.0870. The van der Waals surface area contributed by atoms with Crippen molar-refractivity contribution in [3.05, 3.63) is 82.9 Å². The van der Waals surface area contributed by atoms with Crippen LogP contribution in [0, 0.1) is 6.92 Å². The van der Waals surface area contributed by atoms with Crippen molar-refractivity contribution in [2.24, 2.45) is 0 Å². The molecule has 3 N–H and O–H groups in total. The first-order valence-corrected chi connectivity index (χ1v) is 8.64. The SMILES string of the molecule is Cc1cc2ccccc2c(Cc2c(O)c(C(=O)O)cc3ccccc23)c1O. The van der Waals surface area contributed by atoms with E-state index < -0.39 is 5.97 Å². The van der Waals surface area contributed by atoms with Crippen LogP contribution < -0.4 is 0 Å². The highest BCUT2D eigenvalue weighted by Crippen LogP contribution is 2.38. The van der Waals surface area contributed by atoms with E-state index in [1.807, 2.05) is 61.5 Å². The van der Waals surface area contributed by atoms with Crippen LogP contribution in [0.1, 0.15) is 27.0 Å². The molecule has 0 aliphatic carbocycles. The van der Waals surface area contributed by atoms with E-state index in [1.54, 1.807) is 0 Å². The van der Waals surface area contributed by atoms with Crippen molar-refractivity contribution in [2.75, 3.05) is 0 Å². The number of carboxylic acids is 1. The molecule has 4 rings (SSSR count). The third-order valence-corrected chi connectivity index (χ3v) is 5.03. The van der Waals surface area contributed by atoms with Crippen LogP contribution in [-0.2, 0) is 6.42 Å². The van der Waals surface area contributed by atoms with E-state index in [1.165, 1.54) is 6.07 Å². The molecule has 0 saturated carbocycles. The topological polar surface area (TPSA) is 77.8 Å². The predicted molar refractivity (Wildman–Crippen MR) is 106 cm³/mol. The summed E-state index contributed by atoms with van der Waals surface area (Å²) in [6.07, 6.45) is 0.224. The maximum Gasteiger partial charge on any atom is 0.339 e. The Bertz CT molecular complexity index is 1210. The number of hydrogen-bond donors (Lipinski definition) is 3. The molecule has 0 saturated heterocycles. The van der Waals surface area contributed by atoms with E-state index in [0.717, 1.165) is 27.1 Å². The van der Waals surface area contributed by atoms with Crippen LogP contribution in [0.3, 0.4) is 0 Å². The number of phenolic OH excluding ortho intramolecular Hbond substituents is 1. The molecule has 4 aromatic carbocycles. The summed E-state index contributed by atoms with van der Waals surface area (Å²) in [6.45, 7) is 1.83. The van der Waals surface area contributed by atoms with Crippen LogP contribution in [0.25, 0.3) is 21.5 Å². The zero-order chi connectivity index (χ0) is 19.1. The van der Waals surface area contributed by atoms with E-state index in [-0.39, 0.29) is 23.5 Å². The quantitative estimate of drug-likeness (QED) is 0.481. The number of aromatic hydroxyl groups is 2. The van der Waals surface area contributed by atoms with Crippen LogP contribution >= 0.6 is 0 Å². The Morgan fingerprint density at radius 3 is 1.93 bits per heavy atom. The van der Waals surface area contributed by atoms with Crippen molar-refractivity contribution >= 4 is 27.5 Å². The average molecular weight is 358 g/mol. The number of aromatic carboxylic acids is 1. The van der Waals surface area contributed by atoms with Gasteiger partial charge in [-0.25, -0.2) is 4.79 Å². The minimum Gasteiger partial charge on any atom is -0.507 e. The summed E-state index contributed by atoms with van der Waals surface area (Å²) < 4.78 is 0. The molecule has 0 amide bonds. The van der Waals surface area contributed by atoms with Crippen LogP contribution in [0.15, 0.2) is 60.7 Å². The molecular formula is C23H18O4. The van der Waals surface area contributed by atoms with Gasteiger partial charge >= 0.3 is 5.97 Å². The number of benzene rings is 4. The lowest BCUT2D eigenvalue weighted by molar-refractivity contribution is 0.0693. The molecule has 27 heavy (non-hydrogen) atoms. The number of carbonyl (C=O) groups is 1. The molecule has 4 heteroatoms. The molecule has 0 fully saturated rings. The van der Waals surface area contributed by atoms with Crippen molar-refractivity contribution in [3.8, 4) is 11.5 Å². The summed E-state index contributed by atoms with van der Waals surface area (Å²) in [5.41, 5.74) is 1.77. The van der Waals surface area contributed by atoms with Crippen LogP contribution in [0.4, 0.5) is 0 Å². The third kappa shape index (κ3) is 2.75. The minimum atomic E-state index is -1.18. The van der Waals surface area contributed by atoms with Gasteiger partial charge in [-0.1, -0.05) is 48.5 Å². The number of fused-ring (bicyclic) bond motifs is 2. The summed E-state index contributed by atoms with van der Waals surface area (Å²) in [6, 6.07) is 18.5. The van der Waals surface area contributed by atoms with E-state index in [4.69, 9.17) is 0 Å². The summed E-state index contributed by atoms with van der Waals surface area (Å²) in [4.78, 5) is 11.6. The molecule has 0 aromatic heterocycles. The maximum atomic E-state index is 11.6. The number of rotatable bonds is 3. The summed E-state index contributed by atoms with van der Waals surface area (Å²) in [7, 11) is 0. The van der Waals surface area contributed by atoms with Crippen molar-refractivity contribution < 1.29 is 20.1 Å². The monoisotopic (exact) mass is 358 g/mol. The van der Waals surface area contributed by atoms with Gasteiger partial charge in [0, 0.05) is 17.5 Å². The summed E-state index contributed by atoms with van der Waals surface area (Å²) >= 11 is 0. The van der Waals surface area contributed by atoms with Gasteiger partial charge in [0.05, 0.1) is 0 Å². The molecule has 0 spiro atoms. The largest absolute Gasteiger partial charge is 0.507 e. The Morgan fingerprint density at radius 1 is 0.815 bits per heavy atom. The zero-order valence-corrected chi connectivity index (χ0v) is 14.7. The maximum absolute atomic E-state index is 11.6. The van der Waals surface area contributed by atoms with Gasteiger partial charge in [0.1, 0.15) is 17.1 Å². The molecule has 0 aliphatic heterocycles. The van der Waals surface area contributed by atoms with Crippen molar-refractivity contribution in [1.82, 2.24) is 0 Å². The first-order valence-electron chi connectivity index (χ1n) is 8.64. The van der Waals surface area contributed by atoms with E-state index >= 15 is 0 Å². The second-order valence-corrected chi connectivity index (χ2v) is 6.70. The Labute approximate surface area is 155 Å². The standard InChI is InChI=1S/C23H18O4/c1-13-10-14-6-2-4-8-16(14)18(21(13)24)12-19-17-9-5-3-7-15(17)11-20(22(19)25)23(26)27/h2-11,24-25H,12H2,1H3,(H,26,27). The fourth-order valence-electron chi connectivity index (χ4n) is 3.67. The smallest absolute Gasteiger partial charge is 0.339 e. The van der Waals surface area contributed by atoms with Crippen LogP contribution in [0.5, 0.6) is 11.5 Å². The molecule has 0 aliphatic rings. The fourth-order valence-corrected chi connectivity index (χ4v) is 3.67. The lowest BCUT2D eigenvalue weighted by atomic mass is 9.90. The molecule has 0 bridgehead atoms. The first kappa shape index (κ1) is 16.9. The average Bonchev–Trinajstić information content (AvgIpc) is 2.66. The Hall–Kier alpha value is -3.53. The second kappa shape index (κ2) is 6.32. The van der Waals surface area contributed by atoms with Gasteiger partial charge in [-0.05, 0) is 46.2 Å². The second-order valence-electron chi connectivity index (χ2n) is 6.70. The molecule has 0 radical (unpaired) electrons. The summed E-state index contributed by atoms with van der Waals surface area (Å²) in [5, 5.41) is 34.2. The lowest BCUT2D eigenvalue weighted by Crippen LogP contribution is -2.02.